The number of hydrogen-bond acceptors (Lipinski definition) is 4. The van der Waals surface area contributed by atoms with E-state index in [1.165, 1.54) is 36.4 Å². The van der Waals surface area contributed by atoms with Gasteiger partial charge < -0.3 is 5.11 Å². The number of carbonyl (C=O) groups excluding carboxylic acids is 1. The molecule has 1 unspecified atom stereocenters. The van der Waals surface area contributed by atoms with Crippen molar-refractivity contribution >= 4 is 44.7 Å². The Kier molecular flexibility index (Phi) is 5.44. The van der Waals surface area contributed by atoms with E-state index < -0.39 is 16.0 Å². The van der Waals surface area contributed by atoms with Crippen LogP contribution in [0.1, 0.15) is 12.0 Å². The fraction of sp³-hybridized carbons (Fsp3) is 0.105. The van der Waals surface area contributed by atoms with Gasteiger partial charge in [0.05, 0.1) is 15.0 Å². The quantitative estimate of drug-likeness (QED) is 0.701. The first-order valence-electron chi connectivity index (χ1n) is 7.85. The van der Waals surface area contributed by atoms with E-state index in [1.54, 1.807) is 18.2 Å². The summed E-state index contributed by atoms with van der Waals surface area (Å²) in [6.45, 7) is 0. The van der Waals surface area contributed by atoms with Gasteiger partial charge in [0.15, 0.2) is 5.78 Å². The van der Waals surface area contributed by atoms with Crippen LogP contribution in [-0.4, -0.2) is 23.9 Å². The number of aromatic hydroxyl groups is 1. The molecule has 27 heavy (non-hydrogen) atoms. The first-order valence-corrected chi connectivity index (χ1v) is 10.0. The summed E-state index contributed by atoms with van der Waals surface area (Å²) in [6, 6.07) is 4.46. The maximum atomic E-state index is 11.9. The van der Waals surface area contributed by atoms with E-state index in [9.17, 15) is 22.9 Å². The van der Waals surface area contributed by atoms with Crippen molar-refractivity contribution < 1.29 is 22.9 Å². The van der Waals surface area contributed by atoms with Gasteiger partial charge in [0.25, 0.3) is 10.1 Å². The van der Waals surface area contributed by atoms with Crippen LogP contribution in [0.2, 0.25) is 5.02 Å². The van der Waals surface area contributed by atoms with E-state index in [0.29, 0.717) is 23.1 Å². The molecule has 1 atom stereocenters. The second-order valence-electron chi connectivity index (χ2n) is 5.99. The molecule has 2 aliphatic carbocycles. The summed E-state index contributed by atoms with van der Waals surface area (Å²) < 4.78 is 33.5. The van der Waals surface area contributed by atoms with Crippen molar-refractivity contribution in [3.63, 3.8) is 0 Å². The first kappa shape index (κ1) is 19.6. The molecule has 0 aliphatic heterocycles. The zero-order valence-electron chi connectivity index (χ0n) is 13.8. The Labute approximate surface area is 166 Å². The minimum atomic E-state index is -4.46. The number of phenols is 1. The molecule has 2 aliphatic rings. The van der Waals surface area contributed by atoms with E-state index in [-0.39, 0.29) is 26.5 Å². The molecule has 0 fully saturated rings. The third-order valence-corrected chi connectivity index (χ3v) is 5.87. The molecule has 3 rings (SSSR count). The maximum absolute atomic E-state index is 11.9. The fourth-order valence-electron chi connectivity index (χ4n) is 3.05. The number of hydrogen-bond donors (Lipinski definition) is 2. The molecule has 8 heteroatoms. The first-order chi connectivity index (χ1) is 12.7. The average Bonchev–Trinajstić information content (AvgIpc) is 2.61. The van der Waals surface area contributed by atoms with E-state index in [2.05, 4.69) is 0 Å². The summed E-state index contributed by atoms with van der Waals surface area (Å²) in [7, 11) is -4.46. The molecule has 140 valence electrons. The third kappa shape index (κ3) is 4.09. The summed E-state index contributed by atoms with van der Waals surface area (Å²) in [5.41, 5.74) is 1.55. The van der Waals surface area contributed by atoms with Crippen LogP contribution in [0, 0.1) is 5.92 Å². The second kappa shape index (κ2) is 7.48. The van der Waals surface area contributed by atoms with Crippen molar-refractivity contribution in [1.29, 1.82) is 0 Å². The third-order valence-electron chi connectivity index (χ3n) is 4.26. The van der Waals surface area contributed by atoms with Gasteiger partial charge in [0.2, 0.25) is 0 Å². The number of allylic oxidation sites excluding steroid dienone is 10. The lowest BCUT2D eigenvalue weighted by Crippen LogP contribution is -2.17. The van der Waals surface area contributed by atoms with Crippen LogP contribution < -0.4 is 0 Å². The van der Waals surface area contributed by atoms with Crippen LogP contribution in [0.5, 0.6) is 5.75 Å². The van der Waals surface area contributed by atoms with Crippen LogP contribution >= 0.6 is 23.2 Å². The Morgan fingerprint density at radius 1 is 1.19 bits per heavy atom. The fourth-order valence-corrected chi connectivity index (χ4v) is 4.23. The SMILES string of the molecule is O=C1C=C/C(=C(\c2ccc(O)c(Cl)c2)C2CC=CC=C2S(=O)(=O)O)C=C1Cl. The molecule has 0 amide bonds. The van der Waals surface area contributed by atoms with Crippen molar-refractivity contribution in [1.82, 2.24) is 0 Å². The monoisotopic (exact) mass is 424 g/mol. The molecule has 1 aromatic carbocycles. The van der Waals surface area contributed by atoms with Gasteiger partial charge in [-0.3, -0.25) is 9.35 Å². The lowest BCUT2D eigenvalue weighted by molar-refractivity contribution is -0.110. The number of ketones is 1. The average molecular weight is 425 g/mol. The molecule has 0 radical (unpaired) electrons. The highest BCUT2D eigenvalue weighted by Crippen LogP contribution is 2.41. The van der Waals surface area contributed by atoms with Crippen LogP contribution in [0.25, 0.3) is 5.57 Å². The van der Waals surface area contributed by atoms with E-state index >= 15 is 0 Å². The molecule has 0 saturated heterocycles. The minimum absolute atomic E-state index is 0.0152. The number of phenolic OH excluding ortho intramolecular Hbond substituents is 1. The molecular formula is C19H14Cl2O5S. The smallest absolute Gasteiger partial charge is 0.291 e. The number of halogens is 2. The molecule has 1 aromatic rings. The minimum Gasteiger partial charge on any atom is -0.506 e. The van der Waals surface area contributed by atoms with Crippen LogP contribution in [0.15, 0.2) is 70.2 Å². The van der Waals surface area contributed by atoms with Gasteiger partial charge in [-0.2, -0.15) is 8.42 Å². The predicted octanol–water partition coefficient (Wildman–Crippen LogP) is 4.41. The van der Waals surface area contributed by atoms with Gasteiger partial charge in [-0.25, -0.2) is 0 Å². The highest BCUT2D eigenvalue weighted by atomic mass is 35.5. The molecule has 0 heterocycles. The number of rotatable bonds is 3. The summed E-state index contributed by atoms with van der Waals surface area (Å²) >= 11 is 12.0. The topological polar surface area (TPSA) is 91.7 Å². The van der Waals surface area contributed by atoms with Crippen LogP contribution in [0.3, 0.4) is 0 Å². The van der Waals surface area contributed by atoms with E-state index in [1.807, 2.05) is 0 Å². The van der Waals surface area contributed by atoms with E-state index in [0.717, 1.165) is 0 Å². The van der Waals surface area contributed by atoms with Gasteiger partial charge in [0.1, 0.15) is 5.75 Å². The zero-order valence-corrected chi connectivity index (χ0v) is 16.1. The molecule has 0 bridgehead atoms. The summed E-state index contributed by atoms with van der Waals surface area (Å²) in [5, 5.41) is 9.77. The van der Waals surface area contributed by atoms with Crippen molar-refractivity contribution in [3.8, 4) is 5.75 Å². The van der Waals surface area contributed by atoms with Crippen molar-refractivity contribution in [3.05, 3.63) is 80.8 Å². The number of carbonyl (C=O) groups is 1. The zero-order chi connectivity index (χ0) is 19.8. The lowest BCUT2D eigenvalue weighted by Gasteiger charge is -2.25. The van der Waals surface area contributed by atoms with E-state index in [4.69, 9.17) is 23.2 Å². The predicted molar refractivity (Wildman–Crippen MR) is 105 cm³/mol. The van der Waals surface area contributed by atoms with Gasteiger partial charge >= 0.3 is 0 Å². The highest BCUT2D eigenvalue weighted by Gasteiger charge is 2.31. The molecule has 0 spiro atoms. The highest BCUT2D eigenvalue weighted by molar-refractivity contribution is 7.89. The molecular weight excluding hydrogens is 411 g/mol. The van der Waals surface area contributed by atoms with Crippen LogP contribution in [0.4, 0.5) is 0 Å². The van der Waals surface area contributed by atoms with Crippen molar-refractivity contribution in [2.75, 3.05) is 0 Å². The largest absolute Gasteiger partial charge is 0.506 e. The molecule has 0 saturated carbocycles. The Balaban J connectivity index is 2.28. The molecule has 0 aromatic heterocycles. The molecule has 2 N–H and O–H groups in total. The van der Waals surface area contributed by atoms with Crippen molar-refractivity contribution in [2.45, 2.75) is 6.42 Å². The van der Waals surface area contributed by atoms with Crippen LogP contribution in [-0.2, 0) is 14.9 Å². The summed E-state index contributed by atoms with van der Waals surface area (Å²) in [5.74, 6) is -1.21. The summed E-state index contributed by atoms with van der Waals surface area (Å²) in [6.07, 6.45) is 9.21. The lowest BCUT2D eigenvalue weighted by atomic mass is 9.83. The number of benzene rings is 1. The van der Waals surface area contributed by atoms with Gasteiger partial charge in [0, 0.05) is 5.92 Å². The van der Waals surface area contributed by atoms with Gasteiger partial charge in [-0.15, -0.1) is 0 Å². The Morgan fingerprint density at radius 3 is 2.56 bits per heavy atom. The molecule has 5 nitrogen and oxygen atoms in total. The normalized spacial score (nSPS) is 21.7. The standard InChI is InChI=1S/C19H14Cl2O5S/c20-14-9-11(5-7-16(14)22)19(12-6-8-17(23)15(21)10-12)13-3-1-2-4-18(13)27(24,25)26/h1-2,4-10,13,22H,3H2,(H,24,25,26)/b19-12-. The second-order valence-corrected chi connectivity index (χ2v) is 8.22. The Morgan fingerprint density at radius 2 is 1.93 bits per heavy atom. The Hall–Kier alpha value is -2.12. The van der Waals surface area contributed by atoms with Gasteiger partial charge in [-0.05, 0) is 53.5 Å². The van der Waals surface area contributed by atoms with Gasteiger partial charge in [-0.1, -0.05) is 47.5 Å². The van der Waals surface area contributed by atoms with Crippen molar-refractivity contribution in [2.24, 2.45) is 5.92 Å². The maximum Gasteiger partial charge on any atom is 0.291 e. The Bertz CT molecular complexity index is 1080. The summed E-state index contributed by atoms with van der Waals surface area (Å²) in [4.78, 5) is 11.5.